The summed E-state index contributed by atoms with van der Waals surface area (Å²) in [6.45, 7) is 4.90. The van der Waals surface area contributed by atoms with E-state index in [1.54, 1.807) is 0 Å². The first-order valence-electron chi connectivity index (χ1n) is 8.04. The number of aliphatic hydroxyl groups is 1. The van der Waals surface area contributed by atoms with Crippen molar-refractivity contribution in [3.8, 4) is 0 Å². The lowest BCUT2D eigenvalue weighted by atomic mass is 9.79. The summed E-state index contributed by atoms with van der Waals surface area (Å²) in [6, 6.07) is 8.30. The molecular weight excluding hydrogens is 294 g/mol. The summed E-state index contributed by atoms with van der Waals surface area (Å²) in [6.07, 6.45) is 2.02. The molecule has 2 N–H and O–H groups in total. The molecular formula is C17H25N3OS. The molecule has 1 fully saturated rings. The predicted octanol–water partition coefficient (Wildman–Crippen LogP) is 2.87. The van der Waals surface area contributed by atoms with Gasteiger partial charge in [-0.05, 0) is 37.7 Å². The summed E-state index contributed by atoms with van der Waals surface area (Å²) in [5, 5.41) is 14.6. The molecule has 2 aromatic rings. The number of hydrogen-bond acceptors (Lipinski definition) is 4. The van der Waals surface area contributed by atoms with Crippen LogP contribution in [0.5, 0.6) is 0 Å². The maximum Gasteiger partial charge on any atom is 0.126 e. The highest BCUT2D eigenvalue weighted by atomic mass is 32.2. The van der Waals surface area contributed by atoms with Gasteiger partial charge in [0.1, 0.15) is 5.82 Å². The normalized spacial score (nSPS) is 26.1. The van der Waals surface area contributed by atoms with Crippen LogP contribution in [0.25, 0.3) is 11.0 Å². The van der Waals surface area contributed by atoms with Crippen molar-refractivity contribution in [2.45, 2.75) is 43.6 Å². The van der Waals surface area contributed by atoms with Crippen molar-refractivity contribution in [2.75, 3.05) is 12.3 Å². The number of nitrogens with zero attached hydrogens (tertiary/aromatic N) is 2. The quantitative estimate of drug-likeness (QED) is 0.859. The molecule has 3 atom stereocenters. The maximum atomic E-state index is 10.7. The van der Waals surface area contributed by atoms with Gasteiger partial charge in [-0.3, -0.25) is 0 Å². The van der Waals surface area contributed by atoms with Crippen LogP contribution in [0.3, 0.4) is 0 Å². The Bertz CT molecular complexity index is 656. The number of rotatable bonds is 6. The zero-order chi connectivity index (χ0) is 15.7. The van der Waals surface area contributed by atoms with Crippen LogP contribution in [0.1, 0.15) is 38.6 Å². The average Bonchev–Trinajstić information content (AvgIpc) is 2.86. The van der Waals surface area contributed by atoms with Crippen LogP contribution in [-0.4, -0.2) is 37.8 Å². The van der Waals surface area contributed by atoms with Gasteiger partial charge in [0, 0.05) is 18.8 Å². The summed E-state index contributed by atoms with van der Waals surface area (Å²) in [5.74, 6) is 2.08. The lowest BCUT2D eigenvalue weighted by Crippen LogP contribution is -2.56. The van der Waals surface area contributed by atoms with E-state index in [1.807, 2.05) is 30.0 Å². The van der Waals surface area contributed by atoms with Gasteiger partial charge in [0.15, 0.2) is 0 Å². The lowest BCUT2D eigenvalue weighted by molar-refractivity contribution is -0.0251. The monoisotopic (exact) mass is 319 g/mol. The van der Waals surface area contributed by atoms with Crippen LogP contribution >= 0.6 is 11.8 Å². The summed E-state index contributed by atoms with van der Waals surface area (Å²) >= 11 is 1.87. The predicted molar refractivity (Wildman–Crippen MR) is 93.2 cm³/mol. The maximum absolute atomic E-state index is 10.7. The van der Waals surface area contributed by atoms with E-state index >= 15 is 0 Å². The summed E-state index contributed by atoms with van der Waals surface area (Å²) < 4.78 is 2.14. The fraction of sp³-hybridized carbons (Fsp3) is 0.588. The van der Waals surface area contributed by atoms with E-state index in [2.05, 4.69) is 36.8 Å². The zero-order valence-electron chi connectivity index (χ0n) is 13.5. The van der Waals surface area contributed by atoms with Gasteiger partial charge < -0.3 is 15.0 Å². The lowest BCUT2D eigenvalue weighted by Gasteiger charge is -2.45. The summed E-state index contributed by atoms with van der Waals surface area (Å²) in [4.78, 5) is 4.73. The minimum absolute atomic E-state index is 0.120. The number of thioether (sulfide) groups is 1. The molecule has 0 aliphatic heterocycles. The van der Waals surface area contributed by atoms with Gasteiger partial charge in [-0.2, -0.15) is 11.8 Å². The standard InChI is InChI=1S/C17H25N3OS/c1-4-22-15-9-10-17(15,21)11-18-12(2)16-19-13-7-5-6-8-14(13)20(16)3/h5-8,12,15,18,21H,4,9-11H2,1-3H3/t12-,15+,17-/m0/s1. The van der Waals surface area contributed by atoms with Crippen molar-refractivity contribution in [1.29, 1.82) is 0 Å². The molecule has 1 saturated carbocycles. The Labute approximate surface area is 136 Å². The summed E-state index contributed by atoms with van der Waals surface area (Å²) in [5.41, 5.74) is 1.61. The van der Waals surface area contributed by atoms with Gasteiger partial charge in [0.25, 0.3) is 0 Å². The molecule has 22 heavy (non-hydrogen) atoms. The number of imidazole rings is 1. The highest BCUT2D eigenvalue weighted by molar-refractivity contribution is 8.00. The largest absolute Gasteiger partial charge is 0.387 e. The number of hydrogen-bond donors (Lipinski definition) is 2. The molecule has 4 nitrogen and oxygen atoms in total. The second-order valence-electron chi connectivity index (χ2n) is 6.21. The fourth-order valence-electron chi connectivity index (χ4n) is 3.21. The molecule has 0 spiro atoms. The van der Waals surface area contributed by atoms with Gasteiger partial charge in [-0.1, -0.05) is 19.1 Å². The minimum atomic E-state index is -0.556. The van der Waals surface area contributed by atoms with Gasteiger partial charge in [-0.25, -0.2) is 4.98 Å². The number of nitrogens with one attached hydrogen (secondary N) is 1. The van der Waals surface area contributed by atoms with Crippen LogP contribution in [0, 0.1) is 0 Å². The van der Waals surface area contributed by atoms with Gasteiger partial charge in [-0.15, -0.1) is 0 Å². The van der Waals surface area contributed by atoms with E-state index in [-0.39, 0.29) is 6.04 Å². The second kappa shape index (κ2) is 6.22. The Kier molecular flexibility index (Phi) is 4.48. The fourth-order valence-corrected chi connectivity index (χ4v) is 4.41. The minimum Gasteiger partial charge on any atom is -0.387 e. The summed E-state index contributed by atoms with van der Waals surface area (Å²) in [7, 11) is 2.05. The number of fused-ring (bicyclic) bond motifs is 1. The van der Waals surface area contributed by atoms with Crippen LogP contribution in [0.2, 0.25) is 0 Å². The van der Waals surface area contributed by atoms with E-state index in [1.165, 1.54) is 0 Å². The molecule has 5 heteroatoms. The number of benzene rings is 1. The van der Waals surface area contributed by atoms with Gasteiger partial charge in [0.2, 0.25) is 0 Å². The number of aromatic nitrogens is 2. The molecule has 0 amide bonds. The van der Waals surface area contributed by atoms with E-state index in [9.17, 15) is 5.11 Å². The van der Waals surface area contributed by atoms with Crippen molar-refractivity contribution in [3.05, 3.63) is 30.1 Å². The average molecular weight is 319 g/mol. The van der Waals surface area contributed by atoms with Crippen molar-refractivity contribution in [2.24, 2.45) is 7.05 Å². The molecule has 1 aromatic heterocycles. The molecule has 3 rings (SSSR count). The molecule has 1 aromatic carbocycles. The second-order valence-corrected chi connectivity index (χ2v) is 7.69. The van der Waals surface area contributed by atoms with Crippen LogP contribution in [0.15, 0.2) is 24.3 Å². The highest BCUT2D eigenvalue weighted by Crippen LogP contribution is 2.41. The molecule has 0 bridgehead atoms. The number of para-hydroxylation sites is 2. The van der Waals surface area contributed by atoms with E-state index in [0.717, 1.165) is 35.5 Å². The van der Waals surface area contributed by atoms with E-state index in [4.69, 9.17) is 4.98 Å². The zero-order valence-corrected chi connectivity index (χ0v) is 14.4. The van der Waals surface area contributed by atoms with E-state index in [0.29, 0.717) is 11.8 Å². The Morgan fingerprint density at radius 3 is 2.91 bits per heavy atom. The Balaban J connectivity index is 1.69. The third-order valence-electron chi connectivity index (χ3n) is 4.73. The smallest absolute Gasteiger partial charge is 0.126 e. The van der Waals surface area contributed by atoms with Crippen LogP contribution in [-0.2, 0) is 7.05 Å². The SMILES string of the molecule is CCS[C@@H]1CC[C@]1(O)CN[C@@H](C)c1nc2ccccc2n1C. The number of aryl methyl sites for hydroxylation is 1. The van der Waals surface area contributed by atoms with Crippen molar-refractivity contribution in [1.82, 2.24) is 14.9 Å². The molecule has 1 aliphatic rings. The van der Waals surface area contributed by atoms with Crippen molar-refractivity contribution < 1.29 is 5.11 Å². The van der Waals surface area contributed by atoms with Gasteiger partial charge >= 0.3 is 0 Å². The van der Waals surface area contributed by atoms with E-state index < -0.39 is 5.60 Å². The third-order valence-corrected chi connectivity index (χ3v) is 6.14. The molecule has 0 saturated heterocycles. The van der Waals surface area contributed by atoms with Crippen molar-refractivity contribution in [3.63, 3.8) is 0 Å². The van der Waals surface area contributed by atoms with Crippen molar-refractivity contribution >= 4 is 22.8 Å². The molecule has 0 radical (unpaired) electrons. The highest BCUT2D eigenvalue weighted by Gasteiger charge is 2.45. The molecule has 1 aliphatic carbocycles. The molecule has 120 valence electrons. The molecule has 1 heterocycles. The Morgan fingerprint density at radius 1 is 1.50 bits per heavy atom. The third kappa shape index (κ3) is 2.77. The Morgan fingerprint density at radius 2 is 2.27 bits per heavy atom. The first-order chi connectivity index (χ1) is 10.5. The van der Waals surface area contributed by atoms with Crippen LogP contribution in [0.4, 0.5) is 0 Å². The topological polar surface area (TPSA) is 50.1 Å². The first-order valence-corrected chi connectivity index (χ1v) is 9.09. The molecule has 0 unspecified atom stereocenters. The van der Waals surface area contributed by atoms with Gasteiger partial charge in [0.05, 0.1) is 22.7 Å². The van der Waals surface area contributed by atoms with Crippen LogP contribution < -0.4 is 5.32 Å². The first kappa shape index (κ1) is 15.8. The Hall–Kier alpha value is -1.04.